The Labute approximate surface area is 132 Å². The summed E-state index contributed by atoms with van der Waals surface area (Å²) in [7, 11) is 5.31. The van der Waals surface area contributed by atoms with Gasteiger partial charge in [-0.1, -0.05) is 12.1 Å². The van der Waals surface area contributed by atoms with E-state index in [9.17, 15) is 4.79 Å². The summed E-state index contributed by atoms with van der Waals surface area (Å²) in [5.74, 6) is 1.18. The molecule has 0 bridgehead atoms. The van der Waals surface area contributed by atoms with Crippen molar-refractivity contribution in [3.05, 3.63) is 29.8 Å². The van der Waals surface area contributed by atoms with Gasteiger partial charge in [0.25, 0.3) is 0 Å². The molecule has 0 unspecified atom stereocenters. The molecular formula is C16H26N2O2S. The summed E-state index contributed by atoms with van der Waals surface area (Å²) in [5, 5.41) is 3.32. The van der Waals surface area contributed by atoms with Crippen LogP contribution < -0.4 is 5.32 Å². The Balaban J connectivity index is 2.20. The molecule has 1 N–H and O–H groups in total. The van der Waals surface area contributed by atoms with E-state index in [-0.39, 0.29) is 5.91 Å². The number of rotatable bonds is 10. The van der Waals surface area contributed by atoms with Crippen molar-refractivity contribution in [3.8, 4) is 0 Å². The van der Waals surface area contributed by atoms with Crippen LogP contribution in [0.1, 0.15) is 18.4 Å². The summed E-state index contributed by atoms with van der Waals surface area (Å²) in [6, 6.07) is 8.58. The van der Waals surface area contributed by atoms with E-state index in [4.69, 9.17) is 4.74 Å². The van der Waals surface area contributed by atoms with E-state index >= 15 is 0 Å². The Morgan fingerprint density at radius 2 is 2.00 bits per heavy atom. The van der Waals surface area contributed by atoms with Gasteiger partial charge in [0.1, 0.15) is 0 Å². The van der Waals surface area contributed by atoms with Gasteiger partial charge in [-0.3, -0.25) is 4.79 Å². The fraction of sp³-hybridized carbons (Fsp3) is 0.562. The molecule has 21 heavy (non-hydrogen) atoms. The maximum atomic E-state index is 11.4. The Bertz CT molecular complexity index is 407. The Hall–Kier alpha value is -1.04. The van der Waals surface area contributed by atoms with Gasteiger partial charge in [-0.2, -0.15) is 0 Å². The number of carbonyl (C=O) groups is 1. The van der Waals surface area contributed by atoms with Gasteiger partial charge in [-0.25, -0.2) is 0 Å². The maximum absolute atomic E-state index is 11.4. The third-order valence-corrected chi connectivity index (χ3v) is 4.14. The molecule has 0 aliphatic heterocycles. The second kappa shape index (κ2) is 10.7. The highest BCUT2D eigenvalue weighted by atomic mass is 32.2. The van der Waals surface area contributed by atoms with Crippen LogP contribution in [-0.4, -0.2) is 50.9 Å². The number of nitrogens with zero attached hydrogens (tertiary/aromatic N) is 1. The first-order chi connectivity index (χ1) is 10.1. The van der Waals surface area contributed by atoms with Gasteiger partial charge in [0.05, 0.1) is 6.61 Å². The summed E-state index contributed by atoms with van der Waals surface area (Å²) in [6.45, 7) is 2.47. The predicted octanol–water partition coefficient (Wildman–Crippen LogP) is 2.38. The highest BCUT2D eigenvalue weighted by Crippen LogP contribution is 2.19. The quantitative estimate of drug-likeness (QED) is 0.532. The summed E-state index contributed by atoms with van der Waals surface area (Å²) < 4.78 is 4.99. The van der Waals surface area contributed by atoms with Crippen LogP contribution >= 0.6 is 11.8 Å². The standard InChI is InChI=1S/C16H26N2O2S/c1-18(2)16(19)5-4-12-21-15-8-6-14(7-9-15)13-17-10-11-20-3/h6-9,17H,4-5,10-13H2,1-3H3. The number of thioether (sulfide) groups is 1. The zero-order valence-electron chi connectivity index (χ0n) is 13.2. The summed E-state index contributed by atoms with van der Waals surface area (Å²) in [5.41, 5.74) is 1.28. The van der Waals surface area contributed by atoms with Crippen molar-refractivity contribution in [2.75, 3.05) is 40.1 Å². The van der Waals surface area contributed by atoms with Crippen molar-refractivity contribution >= 4 is 17.7 Å². The van der Waals surface area contributed by atoms with E-state index in [0.717, 1.165) is 31.9 Å². The molecule has 0 aliphatic carbocycles. The lowest BCUT2D eigenvalue weighted by Gasteiger charge is -2.09. The summed E-state index contributed by atoms with van der Waals surface area (Å²) in [6.07, 6.45) is 1.55. The van der Waals surface area contributed by atoms with Gasteiger partial charge in [-0.15, -0.1) is 11.8 Å². The van der Waals surface area contributed by atoms with Crippen molar-refractivity contribution in [1.29, 1.82) is 0 Å². The lowest BCUT2D eigenvalue weighted by atomic mass is 10.2. The van der Waals surface area contributed by atoms with Crippen molar-refractivity contribution in [2.24, 2.45) is 0 Å². The van der Waals surface area contributed by atoms with Crippen LogP contribution in [0.5, 0.6) is 0 Å². The zero-order valence-corrected chi connectivity index (χ0v) is 14.0. The molecule has 1 amide bonds. The van der Waals surface area contributed by atoms with Crippen LogP contribution in [0.3, 0.4) is 0 Å². The number of hydrogen-bond donors (Lipinski definition) is 1. The van der Waals surface area contributed by atoms with Crippen molar-refractivity contribution in [3.63, 3.8) is 0 Å². The molecule has 0 atom stereocenters. The third-order valence-electron chi connectivity index (χ3n) is 3.04. The molecule has 118 valence electrons. The third kappa shape index (κ3) is 8.09. The van der Waals surface area contributed by atoms with Gasteiger partial charge >= 0.3 is 0 Å². The van der Waals surface area contributed by atoms with E-state index < -0.39 is 0 Å². The molecule has 0 saturated heterocycles. The number of nitrogens with one attached hydrogen (secondary N) is 1. The van der Waals surface area contributed by atoms with Crippen LogP contribution in [0.2, 0.25) is 0 Å². The number of amides is 1. The van der Waals surface area contributed by atoms with Gasteiger partial charge in [0.15, 0.2) is 0 Å². The van der Waals surface area contributed by atoms with Crippen molar-refractivity contribution in [1.82, 2.24) is 10.2 Å². The van der Waals surface area contributed by atoms with E-state index in [1.54, 1.807) is 37.9 Å². The second-order valence-electron chi connectivity index (χ2n) is 5.05. The SMILES string of the molecule is COCCNCc1ccc(SCCCC(=O)N(C)C)cc1. The fourth-order valence-electron chi connectivity index (χ4n) is 1.75. The average Bonchev–Trinajstić information content (AvgIpc) is 2.49. The molecular weight excluding hydrogens is 284 g/mol. The molecule has 0 aromatic heterocycles. The minimum Gasteiger partial charge on any atom is -0.383 e. The van der Waals surface area contributed by atoms with Gasteiger partial charge in [-0.05, 0) is 29.9 Å². The number of carbonyl (C=O) groups excluding carboxylic acids is 1. The number of benzene rings is 1. The average molecular weight is 310 g/mol. The number of ether oxygens (including phenoxy) is 1. The van der Waals surface area contributed by atoms with E-state index in [1.165, 1.54) is 10.5 Å². The molecule has 4 nitrogen and oxygen atoms in total. The molecule has 0 radical (unpaired) electrons. The Morgan fingerprint density at radius 3 is 2.62 bits per heavy atom. The molecule has 0 aliphatic rings. The fourth-order valence-corrected chi connectivity index (χ4v) is 2.60. The highest BCUT2D eigenvalue weighted by molar-refractivity contribution is 7.99. The molecule has 0 spiro atoms. The molecule has 5 heteroatoms. The van der Waals surface area contributed by atoms with E-state index in [1.807, 2.05) is 0 Å². The smallest absolute Gasteiger partial charge is 0.222 e. The number of hydrogen-bond acceptors (Lipinski definition) is 4. The Morgan fingerprint density at radius 1 is 1.29 bits per heavy atom. The second-order valence-corrected chi connectivity index (χ2v) is 6.22. The minimum absolute atomic E-state index is 0.202. The van der Waals surface area contributed by atoms with Crippen LogP contribution in [0.4, 0.5) is 0 Å². The molecule has 1 aromatic carbocycles. The summed E-state index contributed by atoms with van der Waals surface area (Å²) in [4.78, 5) is 14.4. The largest absolute Gasteiger partial charge is 0.383 e. The Kier molecular flexibility index (Phi) is 9.14. The maximum Gasteiger partial charge on any atom is 0.222 e. The normalized spacial score (nSPS) is 10.6. The zero-order chi connectivity index (χ0) is 15.5. The van der Waals surface area contributed by atoms with Gasteiger partial charge in [0.2, 0.25) is 5.91 Å². The molecule has 0 saturated carbocycles. The monoisotopic (exact) mass is 310 g/mol. The van der Waals surface area contributed by atoms with Crippen LogP contribution in [0, 0.1) is 0 Å². The first kappa shape index (κ1) is 18.0. The van der Waals surface area contributed by atoms with Crippen LogP contribution in [0.15, 0.2) is 29.2 Å². The van der Waals surface area contributed by atoms with E-state index in [0.29, 0.717) is 6.42 Å². The summed E-state index contributed by atoms with van der Waals surface area (Å²) >= 11 is 1.80. The first-order valence-corrected chi connectivity index (χ1v) is 8.23. The lowest BCUT2D eigenvalue weighted by molar-refractivity contribution is -0.128. The minimum atomic E-state index is 0.202. The molecule has 0 heterocycles. The first-order valence-electron chi connectivity index (χ1n) is 7.25. The highest BCUT2D eigenvalue weighted by Gasteiger charge is 2.03. The molecule has 1 aromatic rings. The van der Waals surface area contributed by atoms with E-state index in [2.05, 4.69) is 29.6 Å². The van der Waals surface area contributed by atoms with Gasteiger partial charge in [0, 0.05) is 45.6 Å². The van der Waals surface area contributed by atoms with Crippen LogP contribution in [-0.2, 0) is 16.1 Å². The molecule has 0 fully saturated rings. The lowest BCUT2D eigenvalue weighted by Crippen LogP contribution is -2.21. The predicted molar refractivity (Wildman–Crippen MR) is 88.7 cm³/mol. The number of methoxy groups -OCH3 is 1. The van der Waals surface area contributed by atoms with Crippen molar-refractivity contribution < 1.29 is 9.53 Å². The topological polar surface area (TPSA) is 41.6 Å². The van der Waals surface area contributed by atoms with Crippen molar-refractivity contribution in [2.45, 2.75) is 24.3 Å². The van der Waals surface area contributed by atoms with Crippen LogP contribution in [0.25, 0.3) is 0 Å². The molecule has 1 rings (SSSR count). The van der Waals surface area contributed by atoms with Gasteiger partial charge < -0.3 is 15.0 Å².